The fourth-order valence-electron chi connectivity index (χ4n) is 2.66. The van der Waals surface area contributed by atoms with Crippen molar-refractivity contribution in [3.05, 3.63) is 24.3 Å². The van der Waals surface area contributed by atoms with Gasteiger partial charge in [-0.05, 0) is 38.8 Å². The first-order chi connectivity index (χ1) is 11.5. The third kappa shape index (κ3) is 5.60. The van der Waals surface area contributed by atoms with E-state index < -0.39 is 0 Å². The van der Waals surface area contributed by atoms with E-state index in [4.69, 9.17) is 14.2 Å². The van der Waals surface area contributed by atoms with E-state index >= 15 is 0 Å². The van der Waals surface area contributed by atoms with E-state index in [1.54, 1.807) is 14.2 Å². The van der Waals surface area contributed by atoms with Crippen molar-refractivity contribution >= 4 is 5.96 Å². The number of hydrogen-bond donors (Lipinski definition) is 2. The second-order valence-electron chi connectivity index (χ2n) is 6.32. The molecule has 1 aromatic carbocycles. The van der Waals surface area contributed by atoms with Crippen LogP contribution in [0.2, 0.25) is 0 Å². The van der Waals surface area contributed by atoms with Crippen LogP contribution < -0.4 is 20.1 Å². The zero-order valence-corrected chi connectivity index (χ0v) is 15.1. The van der Waals surface area contributed by atoms with Gasteiger partial charge in [-0.25, -0.2) is 0 Å². The second-order valence-corrected chi connectivity index (χ2v) is 6.32. The fraction of sp³-hybridized carbons (Fsp3) is 0.611. The summed E-state index contributed by atoms with van der Waals surface area (Å²) in [5, 5.41) is 6.61. The largest absolute Gasteiger partial charge is 0.497 e. The van der Waals surface area contributed by atoms with Gasteiger partial charge in [-0.15, -0.1) is 0 Å². The molecule has 2 rings (SSSR count). The molecule has 2 atom stereocenters. The van der Waals surface area contributed by atoms with Gasteiger partial charge in [-0.3, -0.25) is 4.99 Å². The highest BCUT2D eigenvalue weighted by Crippen LogP contribution is 2.23. The summed E-state index contributed by atoms with van der Waals surface area (Å²) in [5.74, 6) is 2.33. The maximum atomic E-state index is 5.90. The molecular weight excluding hydrogens is 306 g/mol. The van der Waals surface area contributed by atoms with Gasteiger partial charge in [0.15, 0.2) is 5.96 Å². The summed E-state index contributed by atoms with van der Waals surface area (Å²) in [5.41, 5.74) is -0.0969. The molecule has 1 saturated heterocycles. The molecule has 2 N–H and O–H groups in total. The van der Waals surface area contributed by atoms with Crippen LogP contribution in [0.25, 0.3) is 0 Å². The Labute approximate surface area is 144 Å². The number of nitrogens with zero attached hydrogens (tertiary/aromatic N) is 1. The molecule has 6 nitrogen and oxygen atoms in total. The second kappa shape index (κ2) is 8.78. The normalized spacial score (nSPS) is 22.1. The van der Waals surface area contributed by atoms with Gasteiger partial charge in [-0.2, -0.15) is 0 Å². The number of ether oxygens (including phenoxy) is 3. The molecule has 24 heavy (non-hydrogen) atoms. The van der Waals surface area contributed by atoms with Crippen molar-refractivity contribution in [2.45, 2.75) is 38.4 Å². The van der Waals surface area contributed by atoms with Gasteiger partial charge in [0, 0.05) is 26.3 Å². The number of aliphatic imine (C=N–C) groups is 1. The molecule has 0 spiro atoms. The average molecular weight is 335 g/mol. The standard InChI is InChI=1S/C18H29N3O3/c1-14(24-16-8-5-7-15(11-16)22-4)12-20-17(19-3)21-13-18(2)9-6-10-23-18/h5,7-8,11,14H,6,9-10,12-13H2,1-4H3,(H2,19,20,21). The van der Waals surface area contributed by atoms with Crippen LogP contribution in [0.4, 0.5) is 0 Å². The van der Waals surface area contributed by atoms with Gasteiger partial charge in [0.05, 0.1) is 19.3 Å². The van der Waals surface area contributed by atoms with Crippen LogP contribution in [0.5, 0.6) is 11.5 Å². The van der Waals surface area contributed by atoms with Gasteiger partial charge in [0.1, 0.15) is 17.6 Å². The number of hydrogen-bond acceptors (Lipinski definition) is 4. The van der Waals surface area contributed by atoms with Crippen molar-refractivity contribution in [2.24, 2.45) is 4.99 Å². The van der Waals surface area contributed by atoms with Crippen molar-refractivity contribution < 1.29 is 14.2 Å². The Bertz CT molecular complexity index is 542. The molecular formula is C18H29N3O3. The van der Waals surface area contributed by atoms with Crippen LogP contribution in [-0.4, -0.2) is 51.5 Å². The van der Waals surface area contributed by atoms with Gasteiger partial charge in [0.25, 0.3) is 0 Å². The molecule has 1 aromatic rings. The Morgan fingerprint density at radius 1 is 1.38 bits per heavy atom. The van der Waals surface area contributed by atoms with E-state index in [9.17, 15) is 0 Å². The first-order valence-corrected chi connectivity index (χ1v) is 8.44. The molecule has 0 saturated carbocycles. The van der Waals surface area contributed by atoms with Crippen LogP contribution in [0.15, 0.2) is 29.3 Å². The number of nitrogens with one attached hydrogen (secondary N) is 2. The molecule has 0 aromatic heterocycles. The molecule has 1 fully saturated rings. The zero-order chi connectivity index (χ0) is 17.4. The Balaban J connectivity index is 1.75. The van der Waals surface area contributed by atoms with E-state index in [2.05, 4.69) is 22.5 Å². The quantitative estimate of drug-likeness (QED) is 0.591. The fourth-order valence-corrected chi connectivity index (χ4v) is 2.66. The predicted octanol–water partition coefficient (Wildman–Crippen LogP) is 2.20. The smallest absolute Gasteiger partial charge is 0.191 e. The van der Waals surface area contributed by atoms with E-state index in [1.165, 1.54) is 0 Å². The van der Waals surface area contributed by atoms with Gasteiger partial charge < -0.3 is 24.8 Å². The minimum Gasteiger partial charge on any atom is -0.497 e. The topological polar surface area (TPSA) is 64.1 Å². The molecule has 134 valence electrons. The molecule has 0 bridgehead atoms. The summed E-state index contributed by atoms with van der Waals surface area (Å²) >= 11 is 0. The van der Waals surface area contributed by atoms with E-state index in [1.807, 2.05) is 31.2 Å². The van der Waals surface area contributed by atoms with E-state index in [0.29, 0.717) is 6.54 Å². The number of benzene rings is 1. The molecule has 1 heterocycles. The maximum Gasteiger partial charge on any atom is 0.191 e. The maximum absolute atomic E-state index is 5.90. The van der Waals surface area contributed by atoms with Gasteiger partial charge in [-0.1, -0.05) is 6.07 Å². The summed E-state index contributed by atoms with van der Waals surface area (Å²) in [6.45, 7) is 6.39. The molecule has 6 heteroatoms. The first kappa shape index (κ1) is 18.4. The average Bonchev–Trinajstić information content (AvgIpc) is 3.02. The van der Waals surface area contributed by atoms with E-state index in [0.717, 1.165) is 43.5 Å². The van der Waals surface area contributed by atoms with Crippen LogP contribution >= 0.6 is 0 Å². The number of guanidine groups is 1. The molecule has 1 aliphatic rings. The van der Waals surface area contributed by atoms with Crippen molar-refractivity contribution in [3.63, 3.8) is 0 Å². The summed E-state index contributed by atoms with van der Waals surface area (Å²) in [6, 6.07) is 7.61. The minimum atomic E-state index is -0.0969. The summed E-state index contributed by atoms with van der Waals surface area (Å²) in [7, 11) is 3.41. The van der Waals surface area contributed by atoms with Crippen molar-refractivity contribution in [1.29, 1.82) is 0 Å². The highest BCUT2D eigenvalue weighted by molar-refractivity contribution is 5.79. The van der Waals surface area contributed by atoms with Crippen molar-refractivity contribution in [1.82, 2.24) is 10.6 Å². The van der Waals surface area contributed by atoms with Crippen molar-refractivity contribution in [3.8, 4) is 11.5 Å². The van der Waals surface area contributed by atoms with Crippen LogP contribution in [-0.2, 0) is 4.74 Å². The third-order valence-electron chi connectivity index (χ3n) is 4.09. The first-order valence-electron chi connectivity index (χ1n) is 8.44. The lowest BCUT2D eigenvalue weighted by molar-refractivity contribution is 0.0242. The molecule has 2 unspecified atom stereocenters. The Hall–Kier alpha value is -1.95. The Kier molecular flexibility index (Phi) is 6.73. The lowest BCUT2D eigenvalue weighted by atomic mass is 10.0. The molecule has 0 amide bonds. The molecule has 1 aliphatic heterocycles. The summed E-state index contributed by atoms with van der Waals surface area (Å²) < 4.78 is 16.9. The van der Waals surface area contributed by atoms with Crippen LogP contribution in [0.1, 0.15) is 26.7 Å². The lowest BCUT2D eigenvalue weighted by Crippen LogP contribution is -2.47. The van der Waals surface area contributed by atoms with Crippen LogP contribution in [0, 0.1) is 0 Å². The highest BCUT2D eigenvalue weighted by Gasteiger charge is 2.29. The lowest BCUT2D eigenvalue weighted by Gasteiger charge is -2.25. The predicted molar refractivity (Wildman–Crippen MR) is 96.0 cm³/mol. The zero-order valence-electron chi connectivity index (χ0n) is 15.1. The highest BCUT2D eigenvalue weighted by atomic mass is 16.5. The van der Waals surface area contributed by atoms with E-state index in [-0.39, 0.29) is 11.7 Å². The molecule has 0 radical (unpaired) electrons. The van der Waals surface area contributed by atoms with Crippen LogP contribution in [0.3, 0.4) is 0 Å². The number of rotatable bonds is 7. The Morgan fingerprint density at radius 2 is 2.17 bits per heavy atom. The summed E-state index contributed by atoms with van der Waals surface area (Å²) in [4.78, 5) is 4.25. The third-order valence-corrected chi connectivity index (χ3v) is 4.09. The van der Waals surface area contributed by atoms with Gasteiger partial charge in [0.2, 0.25) is 0 Å². The minimum absolute atomic E-state index is 0.00558. The monoisotopic (exact) mass is 335 g/mol. The SMILES string of the molecule is CN=C(NCC(C)Oc1cccc(OC)c1)NCC1(C)CCCO1. The Morgan fingerprint density at radius 3 is 2.83 bits per heavy atom. The number of methoxy groups -OCH3 is 1. The molecule has 0 aliphatic carbocycles. The van der Waals surface area contributed by atoms with Crippen molar-refractivity contribution in [2.75, 3.05) is 33.9 Å². The van der Waals surface area contributed by atoms with Gasteiger partial charge >= 0.3 is 0 Å². The summed E-state index contributed by atoms with van der Waals surface area (Å²) in [6.07, 6.45) is 2.19.